The lowest BCUT2D eigenvalue weighted by Gasteiger charge is -2.19. The summed E-state index contributed by atoms with van der Waals surface area (Å²) in [5, 5.41) is 24.9. The lowest BCUT2D eigenvalue weighted by atomic mass is 9.95. The van der Waals surface area contributed by atoms with Crippen molar-refractivity contribution in [3.8, 4) is 5.75 Å². The zero-order valence-corrected chi connectivity index (χ0v) is 34.5. The van der Waals surface area contributed by atoms with Gasteiger partial charge in [0.1, 0.15) is 10.7 Å². The van der Waals surface area contributed by atoms with Gasteiger partial charge in [-0.25, -0.2) is 8.42 Å². The number of para-hydroxylation sites is 1. The Hall–Kier alpha value is -5.05. The number of sulfone groups is 1. The SMILES string of the molecule is COc1cc(N=Nc2ccc(S(=O)(=O)CCCOCCOCCOCCOCCO)cc2)c(C)cc1N/N=C1\Cc2ccc(Nc3ccccc3)cc2C=C1S(=O)(=O)O. The first-order chi connectivity index (χ1) is 28.5. The quantitative estimate of drug-likeness (QED) is 0.0252. The topological polar surface area (TPSA) is 216 Å². The maximum Gasteiger partial charge on any atom is 0.296 e. The molecule has 4 aromatic carbocycles. The van der Waals surface area contributed by atoms with Crippen molar-refractivity contribution >= 4 is 60.2 Å². The highest BCUT2D eigenvalue weighted by Crippen LogP contribution is 2.35. The number of hydrogen-bond donors (Lipinski definition) is 4. The summed E-state index contributed by atoms with van der Waals surface area (Å²) in [5.74, 6) is 0.264. The number of nitrogens with one attached hydrogen (secondary N) is 2. The predicted molar refractivity (Wildman–Crippen MR) is 226 cm³/mol. The van der Waals surface area contributed by atoms with Gasteiger partial charge in [0.25, 0.3) is 10.1 Å². The monoisotopic (exact) mass is 851 g/mol. The third-order valence-corrected chi connectivity index (χ3v) is 11.5. The minimum Gasteiger partial charge on any atom is -0.494 e. The number of allylic oxidation sites excluding steroid dienone is 1. The number of hydrogen-bond acceptors (Lipinski definition) is 15. The van der Waals surface area contributed by atoms with Crippen molar-refractivity contribution in [1.29, 1.82) is 0 Å². The molecular weight excluding hydrogens is 803 g/mol. The molecule has 5 rings (SSSR count). The Labute approximate surface area is 344 Å². The van der Waals surface area contributed by atoms with Gasteiger partial charge in [-0.3, -0.25) is 9.98 Å². The molecular formula is C41H49N5O11S2. The minimum absolute atomic E-state index is 0.0210. The summed E-state index contributed by atoms with van der Waals surface area (Å²) in [6.07, 6.45) is 1.86. The number of fused-ring (bicyclic) bond motifs is 1. The van der Waals surface area contributed by atoms with E-state index in [1.54, 1.807) is 31.2 Å². The standard InChI is InChI=1S/C41H49N5O11S2/c1-30-25-38(45-46-39-27-31-9-10-35(42-33-7-4-3-5-8-33)26-32(31)28-41(39)59(50,51)52)40(53-2)29-37(30)44-43-34-11-13-36(14-12-34)58(48,49)24-6-16-54-18-20-56-22-23-57-21-19-55-17-15-47/h3-5,7-14,25-26,28-29,42,45,47H,6,15-24,27H2,1-2H3,(H,50,51,52)/b44-43?,46-39+. The minimum atomic E-state index is -4.62. The molecule has 0 saturated carbocycles. The zero-order chi connectivity index (χ0) is 42.1. The molecule has 16 nitrogen and oxygen atoms in total. The molecule has 4 N–H and O–H groups in total. The van der Waals surface area contributed by atoms with E-state index in [1.807, 2.05) is 48.5 Å². The number of rotatable bonds is 24. The summed E-state index contributed by atoms with van der Waals surface area (Å²) in [4.78, 5) is -0.160. The Bertz CT molecular complexity index is 2300. The van der Waals surface area contributed by atoms with Crippen LogP contribution in [-0.2, 0) is 45.3 Å². The summed E-state index contributed by atoms with van der Waals surface area (Å²) in [7, 11) is -6.71. The van der Waals surface area contributed by atoms with Crippen LogP contribution in [0.25, 0.3) is 6.08 Å². The summed E-state index contributed by atoms with van der Waals surface area (Å²) in [6.45, 7) is 4.66. The molecule has 0 saturated heterocycles. The van der Waals surface area contributed by atoms with Gasteiger partial charge in [-0.1, -0.05) is 24.3 Å². The van der Waals surface area contributed by atoms with Gasteiger partial charge < -0.3 is 34.1 Å². The summed E-state index contributed by atoms with van der Waals surface area (Å²) < 4.78 is 87.8. The van der Waals surface area contributed by atoms with Crippen molar-refractivity contribution in [2.75, 3.05) is 83.1 Å². The van der Waals surface area contributed by atoms with Gasteiger partial charge in [0.05, 0.1) is 93.4 Å². The van der Waals surface area contributed by atoms with Crippen LogP contribution in [0.5, 0.6) is 5.75 Å². The maximum absolute atomic E-state index is 12.9. The number of ether oxygens (including phenoxy) is 5. The summed E-state index contributed by atoms with van der Waals surface area (Å²) in [5.41, 5.74) is 8.11. The predicted octanol–water partition coefficient (Wildman–Crippen LogP) is 6.64. The summed E-state index contributed by atoms with van der Waals surface area (Å²) in [6, 6.07) is 24.6. The van der Waals surface area contributed by atoms with Gasteiger partial charge in [-0.05, 0) is 90.7 Å². The van der Waals surface area contributed by atoms with Gasteiger partial charge in [-0.15, -0.1) is 0 Å². The van der Waals surface area contributed by atoms with E-state index in [4.69, 9.17) is 28.8 Å². The molecule has 1 aliphatic carbocycles. The maximum atomic E-state index is 12.9. The molecule has 18 heteroatoms. The van der Waals surface area contributed by atoms with E-state index in [1.165, 1.54) is 25.3 Å². The van der Waals surface area contributed by atoms with Crippen LogP contribution in [-0.4, -0.2) is 105 Å². The number of aliphatic hydroxyl groups is 1. The highest BCUT2D eigenvalue weighted by Gasteiger charge is 2.26. The van der Waals surface area contributed by atoms with E-state index in [2.05, 4.69) is 26.1 Å². The van der Waals surface area contributed by atoms with Crippen LogP contribution < -0.4 is 15.5 Å². The van der Waals surface area contributed by atoms with E-state index < -0.39 is 20.0 Å². The molecule has 0 atom stereocenters. The fraction of sp³-hybridized carbons (Fsp3) is 0.341. The molecule has 0 aliphatic heterocycles. The number of aryl methyl sites for hydroxylation is 1. The van der Waals surface area contributed by atoms with E-state index in [0.29, 0.717) is 80.0 Å². The third kappa shape index (κ3) is 14.0. The number of azo groups is 1. The van der Waals surface area contributed by atoms with Crippen molar-refractivity contribution in [3.63, 3.8) is 0 Å². The van der Waals surface area contributed by atoms with Gasteiger partial charge in [0, 0.05) is 30.5 Å². The number of anilines is 3. The largest absolute Gasteiger partial charge is 0.494 e. The Balaban J connectivity index is 1.13. The highest BCUT2D eigenvalue weighted by atomic mass is 32.2. The lowest BCUT2D eigenvalue weighted by Crippen LogP contribution is -2.20. The first-order valence-electron chi connectivity index (χ1n) is 18.8. The molecule has 0 radical (unpaired) electrons. The number of aliphatic hydroxyl groups excluding tert-OH is 1. The number of nitrogens with zero attached hydrogens (tertiary/aromatic N) is 3. The molecule has 0 unspecified atom stereocenters. The van der Waals surface area contributed by atoms with Crippen molar-refractivity contribution < 1.29 is 50.2 Å². The molecule has 0 heterocycles. The normalized spacial score (nSPS) is 13.7. The molecule has 4 aromatic rings. The van der Waals surface area contributed by atoms with Crippen molar-refractivity contribution in [2.45, 2.75) is 24.7 Å². The Morgan fingerprint density at radius 2 is 1.41 bits per heavy atom. The van der Waals surface area contributed by atoms with Crippen molar-refractivity contribution in [3.05, 3.63) is 107 Å². The van der Waals surface area contributed by atoms with Crippen molar-refractivity contribution in [2.24, 2.45) is 15.3 Å². The molecule has 0 spiro atoms. The fourth-order valence-corrected chi connectivity index (χ4v) is 7.74. The van der Waals surface area contributed by atoms with Crippen LogP contribution in [0, 0.1) is 6.92 Å². The van der Waals surface area contributed by atoms with Crippen LogP contribution in [0.3, 0.4) is 0 Å². The molecule has 0 aromatic heterocycles. The highest BCUT2D eigenvalue weighted by molar-refractivity contribution is 7.91. The Morgan fingerprint density at radius 3 is 2.05 bits per heavy atom. The van der Waals surface area contributed by atoms with Crippen LogP contribution in [0.4, 0.5) is 28.4 Å². The molecule has 1 aliphatic rings. The zero-order valence-electron chi connectivity index (χ0n) is 32.9. The number of hydrazone groups is 1. The molecule has 0 fully saturated rings. The number of methoxy groups -OCH3 is 1. The van der Waals surface area contributed by atoms with Crippen molar-refractivity contribution in [1.82, 2.24) is 0 Å². The third-order valence-electron chi connectivity index (χ3n) is 8.77. The van der Waals surface area contributed by atoms with Crippen LogP contribution in [0.1, 0.15) is 23.1 Å². The van der Waals surface area contributed by atoms with Crippen LogP contribution in [0.15, 0.2) is 110 Å². The second kappa shape index (κ2) is 22.4. The van der Waals surface area contributed by atoms with Gasteiger partial charge in [-0.2, -0.15) is 23.7 Å². The molecule has 59 heavy (non-hydrogen) atoms. The van der Waals surface area contributed by atoms with Crippen LogP contribution >= 0.6 is 0 Å². The first kappa shape index (κ1) is 45.0. The Morgan fingerprint density at radius 1 is 0.746 bits per heavy atom. The second-order valence-corrected chi connectivity index (χ2v) is 16.6. The fourth-order valence-electron chi connectivity index (χ4n) is 5.76. The molecule has 0 amide bonds. The van der Waals surface area contributed by atoms with E-state index >= 15 is 0 Å². The van der Waals surface area contributed by atoms with Crippen LogP contribution in [0.2, 0.25) is 0 Å². The average molecular weight is 852 g/mol. The average Bonchev–Trinajstić information content (AvgIpc) is 3.22. The molecule has 0 bridgehead atoms. The summed E-state index contributed by atoms with van der Waals surface area (Å²) >= 11 is 0. The van der Waals surface area contributed by atoms with Gasteiger partial charge in [0.15, 0.2) is 9.84 Å². The van der Waals surface area contributed by atoms with Gasteiger partial charge >= 0.3 is 0 Å². The van der Waals surface area contributed by atoms with E-state index in [9.17, 15) is 21.4 Å². The second-order valence-electron chi connectivity index (χ2n) is 13.1. The molecule has 316 valence electrons. The lowest BCUT2D eigenvalue weighted by molar-refractivity contribution is -0.00538. The van der Waals surface area contributed by atoms with E-state index in [0.717, 1.165) is 16.9 Å². The first-order valence-corrected chi connectivity index (χ1v) is 21.9. The van der Waals surface area contributed by atoms with E-state index in [-0.39, 0.29) is 47.5 Å². The number of benzene rings is 4. The Kier molecular flexibility index (Phi) is 17.1. The van der Waals surface area contributed by atoms with Gasteiger partial charge in [0.2, 0.25) is 0 Å². The smallest absolute Gasteiger partial charge is 0.296 e.